The first-order valence-corrected chi connectivity index (χ1v) is 3.95. The average molecular weight is 245 g/mol. The van der Waals surface area contributed by atoms with Crippen LogP contribution in [0.15, 0.2) is 22.7 Å². The van der Waals surface area contributed by atoms with Crippen LogP contribution in [-0.2, 0) is 0 Å². The van der Waals surface area contributed by atoms with Crippen LogP contribution in [-0.4, -0.2) is 11.8 Å². The van der Waals surface area contributed by atoms with Crippen molar-refractivity contribution in [2.75, 3.05) is 0 Å². The third kappa shape index (κ3) is 1.71. The summed E-state index contributed by atoms with van der Waals surface area (Å²) >= 11 is 2.79. The van der Waals surface area contributed by atoms with Crippen LogP contribution in [0.25, 0.3) is 0 Å². The molecule has 0 heterocycles. The van der Waals surface area contributed by atoms with Gasteiger partial charge >= 0.3 is 6.18 Å². The van der Waals surface area contributed by atoms with E-state index in [1.54, 1.807) is 0 Å². The smallest absolute Gasteiger partial charge is 0.229 e. The van der Waals surface area contributed by atoms with E-state index in [0.717, 1.165) is 6.08 Å². The summed E-state index contributed by atoms with van der Waals surface area (Å²) in [6.07, 6.45) is -2.41. The van der Waals surface area contributed by atoms with Crippen LogP contribution in [0, 0.1) is 0 Å². The zero-order valence-corrected chi connectivity index (χ0v) is 7.41. The molecule has 1 unspecified atom stereocenters. The molecule has 0 bridgehead atoms. The van der Waals surface area contributed by atoms with E-state index in [-0.39, 0.29) is 4.48 Å². The Bertz CT molecular complexity index is 240. The summed E-state index contributed by atoms with van der Waals surface area (Å²) in [7, 11) is 0. The molecule has 0 amide bonds. The second-order valence-electron chi connectivity index (χ2n) is 2.50. The molecular weight excluding hydrogens is 240 g/mol. The normalized spacial score (nSPS) is 30.2. The van der Waals surface area contributed by atoms with Gasteiger partial charge in [-0.1, -0.05) is 28.1 Å². The molecule has 0 radical (unpaired) electrons. The topological polar surface area (TPSA) is 0 Å². The van der Waals surface area contributed by atoms with Crippen LogP contribution in [0.3, 0.4) is 0 Å². The Morgan fingerprint density at radius 1 is 1.42 bits per heavy atom. The van der Waals surface area contributed by atoms with Crippen molar-refractivity contribution in [3.63, 3.8) is 0 Å². The van der Waals surface area contributed by atoms with Gasteiger partial charge in [0.15, 0.2) is 0 Å². The van der Waals surface area contributed by atoms with Crippen molar-refractivity contribution in [1.82, 2.24) is 0 Å². The average Bonchev–Trinajstić information content (AvgIpc) is 1.83. The Balaban J connectivity index is 2.95. The Morgan fingerprint density at radius 3 is 2.33 bits per heavy atom. The molecule has 12 heavy (non-hydrogen) atoms. The summed E-state index contributed by atoms with van der Waals surface area (Å²) in [6.45, 7) is 0. The van der Waals surface area contributed by atoms with Crippen molar-refractivity contribution < 1.29 is 17.6 Å². The van der Waals surface area contributed by atoms with Gasteiger partial charge in [0, 0.05) is 10.9 Å². The van der Waals surface area contributed by atoms with Crippen molar-refractivity contribution in [1.29, 1.82) is 0 Å². The van der Waals surface area contributed by atoms with Gasteiger partial charge < -0.3 is 0 Å². The lowest BCUT2D eigenvalue weighted by atomic mass is 9.97. The number of alkyl halides is 4. The molecule has 0 aromatic carbocycles. The maximum absolute atomic E-state index is 13.0. The Labute approximate surface area is 75.1 Å². The van der Waals surface area contributed by atoms with Gasteiger partial charge in [-0.15, -0.1) is 0 Å². The fraction of sp³-hybridized carbons (Fsp3) is 0.429. The number of hydrogen-bond donors (Lipinski definition) is 0. The van der Waals surface area contributed by atoms with E-state index in [2.05, 4.69) is 15.9 Å². The number of rotatable bonds is 0. The molecule has 1 rings (SSSR count). The second kappa shape index (κ2) is 2.87. The third-order valence-electron chi connectivity index (χ3n) is 1.53. The van der Waals surface area contributed by atoms with Crippen molar-refractivity contribution in [3.05, 3.63) is 22.7 Å². The predicted octanol–water partition coefficient (Wildman–Crippen LogP) is 3.50. The van der Waals surface area contributed by atoms with E-state index in [1.165, 1.54) is 6.08 Å². The highest BCUT2D eigenvalue weighted by Crippen LogP contribution is 2.41. The number of halogens is 5. The van der Waals surface area contributed by atoms with Crippen LogP contribution in [0.2, 0.25) is 0 Å². The largest absolute Gasteiger partial charge is 0.426 e. The minimum atomic E-state index is -4.84. The first kappa shape index (κ1) is 9.77. The van der Waals surface area contributed by atoms with Gasteiger partial charge in [-0.25, -0.2) is 4.39 Å². The Morgan fingerprint density at radius 2 is 2.00 bits per heavy atom. The SMILES string of the molecule is FC(F)(F)C1(F)C=C(Br)C=CC1. The summed E-state index contributed by atoms with van der Waals surface area (Å²) in [5, 5.41) is 0. The van der Waals surface area contributed by atoms with Crippen LogP contribution >= 0.6 is 15.9 Å². The molecule has 0 aromatic heterocycles. The summed E-state index contributed by atoms with van der Waals surface area (Å²) in [6, 6.07) is 0. The molecule has 0 aromatic rings. The fourth-order valence-corrected chi connectivity index (χ4v) is 1.42. The minimum absolute atomic E-state index is 0.119. The van der Waals surface area contributed by atoms with E-state index in [4.69, 9.17) is 0 Å². The highest BCUT2D eigenvalue weighted by Gasteiger charge is 2.54. The summed E-state index contributed by atoms with van der Waals surface area (Å²) < 4.78 is 49.2. The number of hydrogen-bond acceptors (Lipinski definition) is 0. The van der Waals surface area contributed by atoms with Gasteiger partial charge in [0.25, 0.3) is 0 Å². The van der Waals surface area contributed by atoms with E-state index in [9.17, 15) is 17.6 Å². The van der Waals surface area contributed by atoms with Crippen molar-refractivity contribution in [3.8, 4) is 0 Å². The van der Waals surface area contributed by atoms with Gasteiger partial charge in [-0.05, 0) is 6.08 Å². The van der Waals surface area contributed by atoms with Gasteiger partial charge in [0.1, 0.15) is 0 Å². The summed E-state index contributed by atoms with van der Waals surface area (Å²) in [5.74, 6) is 0. The van der Waals surface area contributed by atoms with E-state index >= 15 is 0 Å². The lowest BCUT2D eigenvalue weighted by molar-refractivity contribution is -0.211. The molecule has 1 aliphatic rings. The van der Waals surface area contributed by atoms with Crippen LogP contribution in [0.1, 0.15) is 6.42 Å². The molecule has 1 atom stereocenters. The van der Waals surface area contributed by atoms with Crippen LogP contribution in [0.4, 0.5) is 17.6 Å². The molecule has 0 aliphatic heterocycles. The first-order valence-electron chi connectivity index (χ1n) is 3.16. The fourth-order valence-electron chi connectivity index (χ4n) is 0.866. The molecule has 0 N–H and O–H groups in total. The first-order chi connectivity index (χ1) is 5.35. The standard InChI is InChI=1S/C7H5BrF4/c8-5-2-1-3-6(9,4-5)7(10,11)12/h1-2,4H,3H2. The lowest BCUT2D eigenvalue weighted by Gasteiger charge is -2.25. The number of allylic oxidation sites excluding steroid dienone is 4. The Hall–Kier alpha value is -0.320. The minimum Gasteiger partial charge on any atom is -0.229 e. The van der Waals surface area contributed by atoms with Crippen molar-refractivity contribution in [2.45, 2.75) is 18.3 Å². The van der Waals surface area contributed by atoms with Gasteiger partial charge in [0.2, 0.25) is 5.67 Å². The highest BCUT2D eigenvalue weighted by atomic mass is 79.9. The third-order valence-corrected chi connectivity index (χ3v) is 2.02. The molecule has 5 heteroatoms. The molecule has 0 saturated carbocycles. The Kier molecular flexibility index (Phi) is 2.33. The summed E-state index contributed by atoms with van der Waals surface area (Å²) in [4.78, 5) is 0. The molecule has 0 fully saturated rings. The maximum atomic E-state index is 13.0. The summed E-state index contributed by atoms with van der Waals surface area (Å²) in [5.41, 5.74) is -3.21. The predicted molar refractivity (Wildman–Crippen MR) is 40.7 cm³/mol. The highest BCUT2D eigenvalue weighted by molar-refractivity contribution is 9.11. The second-order valence-corrected chi connectivity index (χ2v) is 3.41. The monoisotopic (exact) mass is 244 g/mol. The zero-order chi connectivity index (χ0) is 9.41. The van der Waals surface area contributed by atoms with Gasteiger partial charge in [0.05, 0.1) is 0 Å². The maximum Gasteiger partial charge on any atom is 0.426 e. The molecule has 0 saturated heterocycles. The van der Waals surface area contributed by atoms with E-state index in [0.29, 0.717) is 6.08 Å². The lowest BCUT2D eigenvalue weighted by Crippen LogP contribution is -2.39. The van der Waals surface area contributed by atoms with Crippen molar-refractivity contribution in [2.24, 2.45) is 0 Å². The quantitative estimate of drug-likeness (QED) is 0.573. The van der Waals surface area contributed by atoms with E-state index < -0.39 is 18.3 Å². The molecule has 1 aliphatic carbocycles. The zero-order valence-electron chi connectivity index (χ0n) is 5.83. The molecule has 0 nitrogen and oxygen atoms in total. The molecule has 0 spiro atoms. The van der Waals surface area contributed by atoms with Crippen LogP contribution < -0.4 is 0 Å². The molecular formula is C7H5BrF4. The van der Waals surface area contributed by atoms with Gasteiger partial charge in [-0.2, -0.15) is 13.2 Å². The van der Waals surface area contributed by atoms with Crippen molar-refractivity contribution >= 4 is 15.9 Å². The van der Waals surface area contributed by atoms with Gasteiger partial charge in [-0.3, -0.25) is 0 Å². The molecule has 68 valence electrons. The van der Waals surface area contributed by atoms with Crippen LogP contribution in [0.5, 0.6) is 0 Å². The van der Waals surface area contributed by atoms with E-state index in [1.807, 2.05) is 0 Å².